The number of carbonyl (C=O) groups is 2. The fourth-order valence-electron chi connectivity index (χ4n) is 2.04. The van der Waals surface area contributed by atoms with E-state index in [0.29, 0.717) is 0 Å². The Kier molecular flexibility index (Phi) is 7.01. The molecule has 0 saturated carbocycles. The molecule has 0 heterocycles. The zero-order valence-corrected chi connectivity index (χ0v) is 15.3. The van der Waals surface area contributed by atoms with Crippen LogP contribution in [0.15, 0.2) is 53.4 Å². The number of nitrogens with one attached hydrogen (secondary N) is 2. The van der Waals surface area contributed by atoms with Crippen LogP contribution in [0.1, 0.15) is 10.4 Å². The summed E-state index contributed by atoms with van der Waals surface area (Å²) in [5.74, 6) is -1.63. The highest BCUT2D eigenvalue weighted by molar-refractivity contribution is 7.89. The van der Waals surface area contributed by atoms with Crippen LogP contribution in [0.3, 0.4) is 0 Å². The lowest BCUT2D eigenvalue weighted by atomic mass is 10.2. The van der Waals surface area contributed by atoms with Crippen LogP contribution in [0.25, 0.3) is 0 Å². The molecule has 0 aromatic heterocycles. The van der Waals surface area contributed by atoms with Crippen LogP contribution in [-0.4, -0.2) is 40.6 Å². The van der Waals surface area contributed by atoms with Gasteiger partial charge in [0.05, 0.1) is 10.5 Å². The van der Waals surface area contributed by atoms with Crippen molar-refractivity contribution in [3.8, 4) is 5.75 Å². The fourth-order valence-corrected chi connectivity index (χ4v) is 2.81. The molecule has 0 aliphatic rings. The van der Waals surface area contributed by atoms with Crippen LogP contribution < -0.4 is 14.8 Å². The third-order valence-electron chi connectivity index (χ3n) is 3.35. The Morgan fingerprint density at radius 2 is 1.79 bits per heavy atom. The van der Waals surface area contributed by atoms with Gasteiger partial charge in [0.1, 0.15) is 5.75 Å². The Hall–Kier alpha value is -3.05. The molecular formula is C17H16F2N2O6S. The lowest BCUT2D eigenvalue weighted by molar-refractivity contribution is -0.119. The number of carbonyl (C=O) groups excluding carboxylic acids is 2. The van der Waals surface area contributed by atoms with E-state index in [-0.39, 0.29) is 21.9 Å². The van der Waals surface area contributed by atoms with Crippen molar-refractivity contribution in [3.63, 3.8) is 0 Å². The van der Waals surface area contributed by atoms with Gasteiger partial charge in [0.15, 0.2) is 6.61 Å². The molecule has 11 heteroatoms. The molecule has 2 N–H and O–H groups in total. The van der Waals surface area contributed by atoms with Crippen molar-refractivity contribution in [1.82, 2.24) is 4.72 Å². The number of amides is 1. The van der Waals surface area contributed by atoms with Crippen LogP contribution >= 0.6 is 0 Å². The number of alkyl halides is 2. The summed E-state index contributed by atoms with van der Waals surface area (Å²) in [6, 6.07) is 10.3. The number of benzene rings is 2. The number of halogens is 2. The average Bonchev–Trinajstić information content (AvgIpc) is 2.67. The molecule has 2 aromatic carbocycles. The van der Waals surface area contributed by atoms with Gasteiger partial charge in [0, 0.05) is 5.69 Å². The van der Waals surface area contributed by atoms with Crippen LogP contribution in [0.2, 0.25) is 0 Å². The van der Waals surface area contributed by atoms with Crippen molar-refractivity contribution < 1.29 is 36.3 Å². The number of ether oxygens (including phenoxy) is 2. The fraction of sp³-hybridized carbons (Fsp3) is 0.176. The summed E-state index contributed by atoms with van der Waals surface area (Å²) < 4.78 is 58.8. The predicted octanol–water partition coefficient (Wildman–Crippen LogP) is 1.99. The van der Waals surface area contributed by atoms with E-state index in [0.717, 1.165) is 6.07 Å². The first-order valence-electron chi connectivity index (χ1n) is 7.77. The molecule has 2 rings (SSSR count). The van der Waals surface area contributed by atoms with Gasteiger partial charge in [-0.2, -0.15) is 8.78 Å². The minimum absolute atomic E-state index is 0.0439. The number of anilines is 1. The van der Waals surface area contributed by atoms with Gasteiger partial charge in [-0.15, -0.1) is 0 Å². The van der Waals surface area contributed by atoms with E-state index in [4.69, 9.17) is 4.74 Å². The highest BCUT2D eigenvalue weighted by Gasteiger charge is 2.16. The largest absolute Gasteiger partial charge is 0.452 e. The van der Waals surface area contributed by atoms with E-state index in [2.05, 4.69) is 14.8 Å². The Balaban J connectivity index is 1.92. The molecule has 28 heavy (non-hydrogen) atoms. The molecule has 2 aromatic rings. The lowest BCUT2D eigenvalue weighted by Crippen LogP contribution is -2.21. The smallest absolute Gasteiger partial charge is 0.387 e. The molecule has 0 atom stereocenters. The minimum Gasteiger partial charge on any atom is -0.452 e. The van der Waals surface area contributed by atoms with E-state index in [9.17, 15) is 26.8 Å². The maximum atomic E-state index is 12.1. The van der Waals surface area contributed by atoms with Gasteiger partial charge in [-0.1, -0.05) is 6.07 Å². The van der Waals surface area contributed by atoms with Gasteiger partial charge < -0.3 is 14.8 Å². The van der Waals surface area contributed by atoms with Gasteiger partial charge in [-0.3, -0.25) is 4.79 Å². The van der Waals surface area contributed by atoms with Crippen molar-refractivity contribution in [2.24, 2.45) is 0 Å². The number of rotatable bonds is 8. The maximum absolute atomic E-state index is 12.1. The summed E-state index contributed by atoms with van der Waals surface area (Å²) in [7, 11) is -2.50. The zero-order valence-electron chi connectivity index (χ0n) is 14.5. The second-order valence-electron chi connectivity index (χ2n) is 5.26. The molecule has 0 aliphatic carbocycles. The molecule has 0 spiro atoms. The summed E-state index contributed by atoms with van der Waals surface area (Å²) in [6.45, 7) is -3.58. The van der Waals surface area contributed by atoms with Crippen molar-refractivity contribution >= 4 is 27.6 Å². The van der Waals surface area contributed by atoms with Crippen LogP contribution in [-0.2, 0) is 19.6 Å². The van der Waals surface area contributed by atoms with E-state index in [1.165, 1.54) is 49.5 Å². The van der Waals surface area contributed by atoms with E-state index >= 15 is 0 Å². The van der Waals surface area contributed by atoms with Gasteiger partial charge in [0.25, 0.3) is 5.91 Å². The van der Waals surface area contributed by atoms with Crippen LogP contribution in [0, 0.1) is 0 Å². The third-order valence-corrected chi connectivity index (χ3v) is 4.76. The van der Waals surface area contributed by atoms with E-state index in [1.807, 2.05) is 0 Å². The Bertz CT molecular complexity index is 948. The summed E-state index contributed by atoms with van der Waals surface area (Å²) in [6.07, 6.45) is 0. The molecule has 0 bridgehead atoms. The second kappa shape index (κ2) is 9.24. The SMILES string of the molecule is CNS(=O)(=O)c1cccc(C(=O)OCC(=O)Nc2ccc(OC(F)F)cc2)c1. The van der Waals surface area contributed by atoms with Crippen molar-refractivity contribution in [2.45, 2.75) is 11.5 Å². The molecule has 1 amide bonds. The average molecular weight is 414 g/mol. The van der Waals surface area contributed by atoms with E-state index in [1.54, 1.807) is 0 Å². The first-order chi connectivity index (χ1) is 13.2. The molecule has 0 radical (unpaired) electrons. The highest BCUT2D eigenvalue weighted by Crippen LogP contribution is 2.17. The maximum Gasteiger partial charge on any atom is 0.387 e. The van der Waals surface area contributed by atoms with Gasteiger partial charge >= 0.3 is 12.6 Å². The molecule has 0 fully saturated rings. The van der Waals surface area contributed by atoms with Crippen LogP contribution in [0.5, 0.6) is 5.75 Å². The van der Waals surface area contributed by atoms with Gasteiger partial charge in [0.2, 0.25) is 10.0 Å². The van der Waals surface area contributed by atoms with E-state index < -0.39 is 35.1 Å². The third kappa shape index (κ3) is 5.99. The molecular weight excluding hydrogens is 398 g/mol. The molecule has 150 valence electrons. The summed E-state index contributed by atoms with van der Waals surface area (Å²) >= 11 is 0. The Morgan fingerprint density at radius 3 is 2.39 bits per heavy atom. The quantitative estimate of drug-likeness (QED) is 0.639. The first kappa shape index (κ1) is 21.3. The summed E-state index contributed by atoms with van der Waals surface area (Å²) in [5.41, 5.74) is 0.238. The monoisotopic (exact) mass is 414 g/mol. The Labute approximate surface area is 159 Å². The summed E-state index contributed by atoms with van der Waals surface area (Å²) in [5, 5.41) is 2.41. The lowest BCUT2D eigenvalue weighted by Gasteiger charge is -2.09. The molecule has 0 unspecified atom stereocenters. The van der Waals surface area contributed by atoms with Crippen LogP contribution in [0.4, 0.5) is 14.5 Å². The van der Waals surface area contributed by atoms with Crippen molar-refractivity contribution in [2.75, 3.05) is 19.0 Å². The van der Waals surface area contributed by atoms with Crippen molar-refractivity contribution in [3.05, 3.63) is 54.1 Å². The molecule has 0 saturated heterocycles. The normalized spacial score (nSPS) is 11.1. The number of hydrogen-bond donors (Lipinski definition) is 2. The van der Waals surface area contributed by atoms with Gasteiger partial charge in [-0.25, -0.2) is 17.9 Å². The first-order valence-corrected chi connectivity index (χ1v) is 9.25. The van der Waals surface area contributed by atoms with Gasteiger partial charge in [-0.05, 0) is 49.5 Å². The van der Waals surface area contributed by atoms with Crippen molar-refractivity contribution in [1.29, 1.82) is 0 Å². The Morgan fingerprint density at radius 1 is 1.11 bits per heavy atom. The molecule has 8 nitrogen and oxygen atoms in total. The highest BCUT2D eigenvalue weighted by atomic mass is 32.2. The predicted molar refractivity (Wildman–Crippen MR) is 94.7 cm³/mol. The number of hydrogen-bond acceptors (Lipinski definition) is 6. The minimum atomic E-state index is -3.73. The zero-order chi connectivity index (χ0) is 20.7. The molecule has 0 aliphatic heterocycles. The second-order valence-corrected chi connectivity index (χ2v) is 7.15. The standard InChI is InChI=1S/C17H16F2N2O6S/c1-20-28(24,25)14-4-2-3-11(9-14)16(23)26-10-15(22)21-12-5-7-13(8-6-12)27-17(18)19/h2-9,17,20H,10H2,1H3,(H,21,22). The number of esters is 1. The number of sulfonamides is 1. The topological polar surface area (TPSA) is 111 Å². The summed E-state index contributed by atoms with van der Waals surface area (Å²) in [4.78, 5) is 23.7.